The average Bonchev–Trinajstić information content (AvgIpc) is 2.48. The van der Waals surface area contributed by atoms with E-state index in [0.29, 0.717) is 12.5 Å². The van der Waals surface area contributed by atoms with Gasteiger partial charge in [0.15, 0.2) is 0 Å². The normalized spacial score (nSPS) is 20.5. The minimum absolute atomic E-state index is 0.160. The van der Waals surface area contributed by atoms with Gasteiger partial charge in [0.25, 0.3) is 0 Å². The van der Waals surface area contributed by atoms with Gasteiger partial charge in [-0.3, -0.25) is 0 Å². The third-order valence-corrected chi connectivity index (χ3v) is 3.99. The largest absolute Gasteiger partial charge is 0.444 e. The number of amides is 1. The molecule has 1 N–H and O–H groups in total. The number of hydrogen-bond acceptors (Lipinski definition) is 3. The summed E-state index contributed by atoms with van der Waals surface area (Å²) in [6.07, 6.45) is 9.88. The van der Waals surface area contributed by atoms with Crippen LogP contribution in [0, 0.1) is 5.92 Å². The first-order valence-corrected chi connectivity index (χ1v) is 8.51. The zero-order chi connectivity index (χ0) is 15.7. The number of aliphatic hydroxyl groups is 1. The van der Waals surface area contributed by atoms with Crippen molar-refractivity contribution in [1.29, 1.82) is 0 Å². The zero-order valence-corrected chi connectivity index (χ0v) is 14.1. The molecule has 0 aromatic carbocycles. The molecular weight excluding hydrogens is 266 g/mol. The SMILES string of the molecule is CC(C)(C)OC(=O)N1CCCCC1.OCC1CCCCC1. The van der Waals surface area contributed by atoms with Crippen LogP contribution in [0.5, 0.6) is 0 Å². The highest BCUT2D eigenvalue weighted by Crippen LogP contribution is 2.22. The number of aliphatic hydroxyl groups excluding tert-OH is 1. The van der Waals surface area contributed by atoms with Crippen molar-refractivity contribution in [3.05, 3.63) is 0 Å². The minimum Gasteiger partial charge on any atom is -0.444 e. The summed E-state index contributed by atoms with van der Waals surface area (Å²) in [5, 5.41) is 8.69. The van der Waals surface area contributed by atoms with Crippen LogP contribution in [0.3, 0.4) is 0 Å². The Balaban J connectivity index is 0.000000235. The quantitative estimate of drug-likeness (QED) is 0.797. The van der Waals surface area contributed by atoms with Crippen LogP contribution in [0.1, 0.15) is 72.1 Å². The first-order valence-electron chi connectivity index (χ1n) is 8.51. The van der Waals surface area contributed by atoms with Crippen molar-refractivity contribution in [2.75, 3.05) is 19.7 Å². The maximum atomic E-state index is 11.5. The molecule has 124 valence electrons. The molecule has 0 radical (unpaired) electrons. The maximum absolute atomic E-state index is 11.5. The van der Waals surface area contributed by atoms with Crippen LogP contribution >= 0.6 is 0 Å². The molecule has 21 heavy (non-hydrogen) atoms. The van der Waals surface area contributed by atoms with Crippen LogP contribution in [0.25, 0.3) is 0 Å². The molecule has 0 atom stereocenters. The standard InChI is InChI=1S/C10H19NO2.C7H14O/c1-10(2,3)13-9(12)11-7-5-4-6-8-11;8-6-7-4-2-1-3-5-7/h4-8H2,1-3H3;7-8H,1-6H2. The molecule has 2 fully saturated rings. The van der Waals surface area contributed by atoms with E-state index in [9.17, 15) is 4.79 Å². The van der Waals surface area contributed by atoms with Crippen LogP contribution < -0.4 is 0 Å². The molecule has 2 aliphatic rings. The van der Waals surface area contributed by atoms with Gasteiger partial charge in [-0.2, -0.15) is 0 Å². The fraction of sp³-hybridized carbons (Fsp3) is 0.941. The Kier molecular flexibility index (Phi) is 8.09. The smallest absolute Gasteiger partial charge is 0.410 e. The molecule has 1 amide bonds. The molecule has 1 saturated carbocycles. The number of hydrogen-bond donors (Lipinski definition) is 1. The molecule has 2 rings (SSSR count). The predicted molar refractivity (Wildman–Crippen MR) is 85.3 cm³/mol. The maximum Gasteiger partial charge on any atom is 0.410 e. The summed E-state index contributed by atoms with van der Waals surface area (Å²) >= 11 is 0. The molecular formula is C17H33NO3. The van der Waals surface area contributed by atoms with Gasteiger partial charge in [0.2, 0.25) is 0 Å². The van der Waals surface area contributed by atoms with Crippen LogP contribution in [-0.4, -0.2) is 41.4 Å². The van der Waals surface area contributed by atoms with E-state index < -0.39 is 0 Å². The molecule has 1 aliphatic heterocycles. The van der Waals surface area contributed by atoms with Gasteiger partial charge < -0.3 is 14.7 Å². The Labute approximate surface area is 129 Å². The highest BCUT2D eigenvalue weighted by Gasteiger charge is 2.22. The lowest BCUT2D eigenvalue weighted by Crippen LogP contribution is -2.39. The van der Waals surface area contributed by atoms with Crippen molar-refractivity contribution in [2.45, 2.75) is 77.7 Å². The summed E-state index contributed by atoms with van der Waals surface area (Å²) in [5.74, 6) is 0.642. The van der Waals surface area contributed by atoms with Crippen molar-refractivity contribution in [2.24, 2.45) is 5.92 Å². The number of piperidine rings is 1. The van der Waals surface area contributed by atoms with Gasteiger partial charge in [0.05, 0.1) is 0 Å². The Morgan fingerprint density at radius 3 is 2.00 bits per heavy atom. The van der Waals surface area contributed by atoms with E-state index in [0.717, 1.165) is 25.9 Å². The lowest BCUT2D eigenvalue weighted by Gasteiger charge is -2.29. The predicted octanol–water partition coefficient (Wildman–Crippen LogP) is 3.97. The fourth-order valence-corrected chi connectivity index (χ4v) is 2.77. The zero-order valence-electron chi connectivity index (χ0n) is 14.1. The minimum atomic E-state index is -0.367. The Morgan fingerprint density at radius 2 is 1.57 bits per heavy atom. The second-order valence-corrected chi connectivity index (χ2v) is 7.21. The molecule has 0 aromatic heterocycles. The number of carbonyl (C=O) groups is 1. The average molecular weight is 299 g/mol. The van der Waals surface area contributed by atoms with E-state index in [4.69, 9.17) is 9.84 Å². The second kappa shape index (κ2) is 9.29. The fourth-order valence-electron chi connectivity index (χ4n) is 2.77. The van der Waals surface area contributed by atoms with E-state index >= 15 is 0 Å². The van der Waals surface area contributed by atoms with Crippen LogP contribution in [-0.2, 0) is 4.74 Å². The first kappa shape index (κ1) is 18.3. The summed E-state index contributed by atoms with van der Waals surface area (Å²) < 4.78 is 5.26. The number of carbonyl (C=O) groups excluding carboxylic acids is 1. The van der Waals surface area contributed by atoms with Gasteiger partial charge in [0, 0.05) is 19.7 Å². The van der Waals surface area contributed by atoms with Gasteiger partial charge in [-0.25, -0.2) is 4.79 Å². The summed E-state index contributed by atoms with van der Waals surface area (Å²) in [6, 6.07) is 0. The van der Waals surface area contributed by atoms with E-state index in [-0.39, 0.29) is 11.7 Å². The summed E-state index contributed by atoms with van der Waals surface area (Å²) in [7, 11) is 0. The van der Waals surface area contributed by atoms with E-state index in [1.165, 1.54) is 38.5 Å². The monoisotopic (exact) mass is 299 g/mol. The molecule has 0 unspecified atom stereocenters. The summed E-state index contributed by atoms with van der Waals surface area (Å²) in [4.78, 5) is 13.3. The van der Waals surface area contributed by atoms with Gasteiger partial charge in [-0.1, -0.05) is 19.3 Å². The lowest BCUT2D eigenvalue weighted by molar-refractivity contribution is 0.0216. The van der Waals surface area contributed by atoms with Gasteiger partial charge in [-0.05, 0) is 58.8 Å². The van der Waals surface area contributed by atoms with Gasteiger partial charge >= 0.3 is 6.09 Å². The Bertz CT molecular complexity index is 287. The second-order valence-electron chi connectivity index (χ2n) is 7.21. The third-order valence-electron chi connectivity index (χ3n) is 3.99. The highest BCUT2D eigenvalue weighted by molar-refractivity contribution is 5.68. The Morgan fingerprint density at radius 1 is 1.05 bits per heavy atom. The molecule has 4 heteroatoms. The van der Waals surface area contributed by atoms with Crippen molar-refractivity contribution >= 4 is 6.09 Å². The van der Waals surface area contributed by atoms with Crippen LogP contribution in [0.15, 0.2) is 0 Å². The molecule has 4 nitrogen and oxygen atoms in total. The van der Waals surface area contributed by atoms with Crippen molar-refractivity contribution in [1.82, 2.24) is 4.90 Å². The third kappa shape index (κ3) is 8.30. The number of likely N-dealkylation sites (tertiary alicyclic amines) is 1. The highest BCUT2D eigenvalue weighted by atomic mass is 16.6. The van der Waals surface area contributed by atoms with Crippen LogP contribution in [0.4, 0.5) is 4.79 Å². The molecule has 0 aromatic rings. The topological polar surface area (TPSA) is 49.8 Å². The van der Waals surface area contributed by atoms with Crippen LogP contribution in [0.2, 0.25) is 0 Å². The molecule has 1 aliphatic carbocycles. The number of rotatable bonds is 1. The number of ether oxygens (including phenoxy) is 1. The van der Waals surface area contributed by atoms with E-state index in [2.05, 4.69) is 0 Å². The first-order chi connectivity index (χ1) is 9.92. The Hall–Kier alpha value is -0.770. The van der Waals surface area contributed by atoms with Gasteiger partial charge in [-0.15, -0.1) is 0 Å². The molecule has 0 spiro atoms. The lowest BCUT2D eigenvalue weighted by atomic mass is 9.90. The summed E-state index contributed by atoms with van der Waals surface area (Å²) in [6.45, 7) is 7.82. The molecule has 1 saturated heterocycles. The van der Waals surface area contributed by atoms with Crippen molar-refractivity contribution in [3.8, 4) is 0 Å². The summed E-state index contributed by atoms with van der Waals surface area (Å²) in [5.41, 5.74) is -0.367. The van der Waals surface area contributed by atoms with Crippen molar-refractivity contribution in [3.63, 3.8) is 0 Å². The molecule has 0 bridgehead atoms. The van der Waals surface area contributed by atoms with Crippen molar-refractivity contribution < 1.29 is 14.6 Å². The number of nitrogens with zero attached hydrogens (tertiary/aromatic N) is 1. The van der Waals surface area contributed by atoms with Gasteiger partial charge in [0.1, 0.15) is 5.60 Å². The molecule has 1 heterocycles. The van der Waals surface area contributed by atoms with E-state index in [1.54, 1.807) is 4.90 Å². The van der Waals surface area contributed by atoms with E-state index in [1.807, 2.05) is 20.8 Å².